The molecule has 96 valence electrons. The number of hydrogen-bond donors (Lipinski definition) is 1. The second-order valence-electron chi connectivity index (χ2n) is 5.76. The highest BCUT2D eigenvalue weighted by Gasteiger charge is 2.26. The zero-order valence-electron chi connectivity index (χ0n) is 11.0. The third-order valence-electron chi connectivity index (χ3n) is 4.48. The van der Waals surface area contributed by atoms with Gasteiger partial charge in [0.1, 0.15) is 0 Å². The molecular formula is C14H25N3. The molecule has 1 aliphatic heterocycles. The highest BCUT2D eigenvalue weighted by molar-refractivity contribution is 4.96. The molecule has 1 N–H and O–H groups in total. The largest absolute Gasteiger partial charge is 0.313 e. The number of rotatable bonds is 4. The van der Waals surface area contributed by atoms with E-state index >= 15 is 0 Å². The first-order valence-electron chi connectivity index (χ1n) is 7.11. The molecule has 3 heteroatoms. The third-order valence-corrected chi connectivity index (χ3v) is 4.48. The summed E-state index contributed by atoms with van der Waals surface area (Å²) in [5, 5.41) is 12.6. The van der Waals surface area contributed by atoms with Crippen LogP contribution in [0.5, 0.6) is 0 Å². The van der Waals surface area contributed by atoms with Gasteiger partial charge in [0.2, 0.25) is 0 Å². The Balaban J connectivity index is 1.61. The monoisotopic (exact) mass is 235 g/mol. The lowest BCUT2D eigenvalue weighted by Crippen LogP contribution is -2.35. The molecule has 0 aromatic carbocycles. The Morgan fingerprint density at radius 3 is 2.71 bits per heavy atom. The number of nitrogens with zero attached hydrogens (tertiary/aromatic N) is 2. The summed E-state index contributed by atoms with van der Waals surface area (Å²) in [6.45, 7) is 3.63. The van der Waals surface area contributed by atoms with Gasteiger partial charge in [-0.2, -0.15) is 5.26 Å². The van der Waals surface area contributed by atoms with E-state index in [2.05, 4.69) is 23.3 Å². The van der Waals surface area contributed by atoms with Crippen molar-refractivity contribution in [1.29, 1.82) is 5.26 Å². The fraction of sp³-hybridized carbons (Fsp3) is 0.929. The van der Waals surface area contributed by atoms with E-state index < -0.39 is 0 Å². The quantitative estimate of drug-likeness (QED) is 0.810. The predicted molar refractivity (Wildman–Crippen MR) is 69.6 cm³/mol. The normalized spacial score (nSPS) is 31.5. The van der Waals surface area contributed by atoms with Gasteiger partial charge in [-0.3, -0.25) is 0 Å². The summed E-state index contributed by atoms with van der Waals surface area (Å²) in [5.74, 6) is 1.17. The van der Waals surface area contributed by atoms with Crippen LogP contribution in [0.3, 0.4) is 0 Å². The number of nitriles is 1. The molecule has 2 unspecified atom stereocenters. The Morgan fingerprint density at radius 1 is 1.24 bits per heavy atom. The van der Waals surface area contributed by atoms with Gasteiger partial charge < -0.3 is 10.2 Å². The molecule has 3 nitrogen and oxygen atoms in total. The Hall–Kier alpha value is -0.590. The van der Waals surface area contributed by atoms with Crippen LogP contribution in [0.25, 0.3) is 0 Å². The van der Waals surface area contributed by atoms with Gasteiger partial charge >= 0.3 is 0 Å². The molecule has 17 heavy (non-hydrogen) atoms. The second-order valence-corrected chi connectivity index (χ2v) is 5.76. The van der Waals surface area contributed by atoms with Crippen LogP contribution in [0.4, 0.5) is 0 Å². The molecule has 2 atom stereocenters. The van der Waals surface area contributed by atoms with Gasteiger partial charge in [0.05, 0.1) is 12.0 Å². The van der Waals surface area contributed by atoms with Gasteiger partial charge in [0, 0.05) is 6.04 Å². The van der Waals surface area contributed by atoms with E-state index in [1.54, 1.807) is 0 Å². The van der Waals surface area contributed by atoms with Crippen LogP contribution in [0, 0.1) is 23.2 Å². The average Bonchev–Trinajstić information content (AvgIpc) is 2.79. The maximum atomic E-state index is 9.02. The van der Waals surface area contributed by atoms with E-state index in [0.717, 1.165) is 18.9 Å². The number of piperidine rings is 1. The van der Waals surface area contributed by atoms with E-state index in [1.807, 2.05) is 0 Å². The van der Waals surface area contributed by atoms with Gasteiger partial charge in [0.15, 0.2) is 0 Å². The molecule has 0 aromatic rings. The lowest BCUT2D eigenvalue weighted by atomic mass is 9.93. The van der Waals surface area contributed by atoms with Gasteiger partial charge in [-0.05, 0) is 64.7 Å². The van der Waals surface area contributed by atoms with Crippen LogP contribution < -0.4 is 5.32 Å². The summed E-state index contributed by atoms with van der Waals surface area (Å²) < 4.78 is 0. The van der Waals surface area contributed by atoms with Crippen molar-refractivity contribution in [2.75, 3.05) is 26.7 Å². The van der Waals surface area contributed by atoms with E-state index in [4.69, 9.17) is 5.26 Å². The molecule has 1 saturated carbocycles. The van der Waals surface area contributed by atoms with Crippen molar-refractivity contribution in [1.82, 2.24) is 10.2 Å². The predicted octanol–water partition coefficient (Wildman–Crippen LogP) is 2.00. The highest BCUT2D eigenvalue weighted by Crippen LogP contribution is 2.25. The Bertz CT molecular complexity index is 263. The van der Waals surface area contributed by atoms with Crippen molar-refractivity contribution in [3.05, 3.63) is 0 Å². The van der Waals surface area contributed by atoms with Crippen molar-refractivity contribution in [2.24, 2.45) is 11.8 Å². The molecule has 2 fully saturated rings. The summed E-state index contributed by atoms with van der Waals surface area (Å²) in [5.41, 5.74) is 0. The minimum atomic E-state index is 0.271. The first kappa shape index (κ1) is 12.9. The molecule has 1 saturated heterocycles. The minimum absolute atomic E-state index is 0.271. The third kappa shape index (κ3) is 3.69. The van der Waals surface area contributed by atoms with Crippen molar-refractivity contribution in [3.63, 3.8) is 0 Å². The number of nitrogens with one attached hydrogen (secondary N) is 1. The van der Waals surface area contributed by atoms with E-state index in [1.165, 1.54) is 45.2 Å². The lowest BCUT2D eigenvalue weighted by Gasteiger charge is -2.29. The fourth-order valence-electron chi connectivity index (χ4n) is 3.18. The summed E-state index contributed by atoms with van der Waals surface area (Å²) in [7, 11) is 2.21. The molecule has 0 aromatic heterocycles. The van der Waals surface area contributed by atoms with Gasteiger partial charge in [0.25, 0.3) is 0 Å². The second kappa shape index (κ2) is 6.37. The van der Waals surface area contributed by atoms with Gasteiger partial charge in [-0.1, -0.05) is 6.42 Å². The van der Waals surface area contributed by atoms with Crippen LogP contribution in [0.15, 0.2) is 0 Å². The molecular weight excluding hydrogens is 210 g/mol. The van der Waals surface area contributed by atoms with Crippen LogP contribution in [0.2, 0.25) is 0 Å². The SMILES string of the molecule is CN1CCC(CCNC2CCCC2C#N)CC1. The van der Waals surface area contributed by atoms with Crippen LogP contribution >= 0.6 is 0 Å². The summed E-state index contributed by atoms with van der Waals surface area (Å²) in [6.07, 6.45) is 7.52. The van der Waals surface area contributed by atoms with Crippen molar-refractivity contribution < 1.29 is 0 Å². The summed E-state index contributed by atoms with van der Waals surface area (Å²) in [4.78, 5) is 2.42. The first-order valence-corrected chi connectivity index (χ1v) is 7.11. The Morgan fingerprint density at radius 2 is 2.00 bits per heavy atom. The van der Waals surface area contributed by atoms with Crippen LogP contribution in [-0.2, 0) is 0 Å². The maximum absolute atomic E-state index is 9.02. The van der Waals surface area contributed by atoms with Crippen molar-refractivity contribution in [3.8, 4) is 6.07 Å². The summed E-state index contributed by atoms with van der Waals surface area (Å²) in [6, 6.07) is 2.92. The van der Waals surface area contributed by atoms with Crippen molar-refractivity contribution in [2.45, 2.75) is 44.6 Å². The van der Waals surface area contributed by atoms with E-state index in [-0.39, 0.29) is 5.92 Å². The molecule has 2 aliphatic rings. The van der Waals surface area contributed by atoms with E-state index in [9.17, 15) is 0 Å². The molecule has 1 aliphatic carbocycles. The smallest absolute Gasteiger partial charge is 0.0672 e. The molecule has 0 radical (unpaired) electrons. The molecule has 0 amide bonds. The molecule has 2 rings (SSSR count). The molecule has 0 bridgehead atoms. The Kier molecular flexibility index (Phi) is 4.82. The highest BCUT2D eigenvalue weighted by atomic mass is 15.1. The van der Waals surface area contributed by atoms with Crippen molar-refractivity contribution >= 4 is 0 Å². The number of hydrogen-bond acceptors (Lipinski definition) is 3. The molecule has 0 spiro atoms. The topological polar surface area (TPSA) is 39.1 Å². The maximum Gasteiger partial charge on any atom is 0.0672 e. The van der Waals surface area contributed by atoms with Crippen LogP contribution in [0.1, 0.15) is 38.5 Å². The molecule has 1 heterocycles. The fourth-order valence-corrected chi connectivity index (χ4v) is 3.18. The van der Waals surface area contributed by atoms with Gasteiger partial charge in [-0.15, -0.1) is 0 Å². The minimum Gasteiger partial charge on any atom is -0.313 e. The zero-order valence-corrected chi connectivity index (χ0v) is 11.0. The van der Waals surface area contributed by atoms with Gasteiger partial charge in [-0.25, -0.2) is 0 Å². The average molecular weight is 235 g/mol. The van der Waals surface area contributed by atoms with E-state index in [0.29, 0.717) is 6.04 Å². The standard InChI is InChI=1S/C14H25N3/c1-17-9-6-12(7-10-17)5-8-16-14-4-2-3-13(14)11-15/h12-14,16H,2-10H2,1H3. The zero-order chi connectivity index (χ0) is 12.1. The van der Waals surface area contributed by atoms with Crippen LogP contribution in [-0.4, -0.2) is 37.6 Å². The number of likely N-dealkylation sites (tertiary alicyclic amines) is 1. The Labute approximate surface area is 105 Å². The first-order chi connectivity index (χ1) is 8.29. The lowest BCUT2D eigenvalue weighted by molar-refractivity contribution is 0.210. The summed E-state index contributed by atoms with van der Waals surface area (Å²) >= 11 is 0.